The van der Waals surface area contributed by atoms with Gasteiger partial charge in [0.1, 0.15) is 0 Å². The summed E-state index contributed by atoms with van der Waals surface area (Å²) in [6.45, 7) is 6.63. The second kappa shape index (κ2) is 5.58. The predicted molar refractivity (Wildman–Crippen MR) is 80.2 cm³/mol. The number of benzene rings is 2. The van der Waals surface area contributed by atoms with E-state index in [0.29, 0.717) is 6.42 Å². The van der Waals surface area contributed by atoms with Gasteiger partial charge in [0, 0.05) is 6.42 Å². The minimum Gasteiger partial charge on any atom is -0.388 e. The monoisotopic (exact) mass is 254 g/mol. The highest BCUT2D eigenvalue weighted by Crippen LogP contribution is 2.24. The summed E-state index contributed by atoms with van der Waals surface area (Å²) in [6, 6.07) is 18.4. The number of hydrogen-bond acceptors (Lipinski definition) is 1. The summed E-state index contributed by atoms with van der Waals surface area (Å²) >= 11 is 0. The third kappa shape index (κ3) is 3.68. The first-order valence-electron chi connectivity index (χ1n) is 6.79. The zero-order chi connectivity index (χ0) is 13.9. The van der Waals surface area contributed by atoms with Crippen LogP contribution in [-0.4, -0.2) is 5.11 Å². The van der Waals surface area contributed by atoms with Crippen molar-refractivity contribution >= 4 is 0 Å². The van der Waals surface area contributed by atoms with Crippen molar-refractivity contribution < 1.29 is 5.11 Å². The lowest BCUT2D eigenvalue weighted by molar-refractivity contribution is 0.178. The highest BCUT2D eigenvalue weighted by atomic mass is 16.3. The molecule has 0 aliphatic carbocycles. The van der Waals surface area contributed by atoms with Crippen LogP contribution in [0, 0.1) is 0 Å². The Hall–Kier alpha value is -1.60. The first-order chi connectivity index (χ1) is 8.97. The molecule has 1 unspecified atom stereocenters. The number of aliphatic hydroxyl groups is 1. The summed E-state index contributed by atoms with van der Waals surface area (Å²) in [5.41, 5.74) is 3.65. The predicted octanol–water partition coefficient (Wildman–Crippen LogP) is 4.26. The molecule has 2 aromatic rings. The molecule has 0 amide bonds. The van der Waals surface area contributed by atoms with Crippen LogP contribution in [0.5, 0.6) is 0 Å². The molecule has 0 aliphatic rings. The highest BCUT2D eigenvalue weighted by Gasteiger charge is 2.13. The Balaban J connectivity index is 2.08. The Bertz CT molecular complexity index is 506. The lowest BCUT2D eigenvalue weighted by atomic mass is 9.86. The lowest BCUT2D eigenvalue weighted by Crippen LogP contribution is -2.11. The van der Waals surface area contributed by atoms with Crippen LogP contribution in [0.15, 0.2) is 54.6 Å². The van der Waals surface area contributed by atoms with Crippen molar-refractivity contribution in [2.24, 2.45) is 0 Å². The van der Waals surface area contributed by atoms with Gasteiger partial charge in [-0.15, -0.1) is 0 Å². The molecule has 0 saturated heterocycles. The third-order valence-corrected chi connectivity index (χ3v) is 3.43. The van der Waals surface area contributed by atoms with Crippen molar-refractivity contribution in [2.45, 2.75) is 38.7 Å². The molecule has 0 aromatic heterocycles. The van der Waals surface area contributed by atoms with Gasteiger partial charge >= 0.3 is 0 Å². The van der Waals surface area contributed by atoms with Gasteiger partial charge in [0.15, 0.2) is 0 Å². The molecule has 0 saturated carbocycles. The van der Waals surface area contributed by atoms with E-state index in [2.05, 4.69) is 45.0 Å². The maximum absolute atomic E-state index is 10.2. The van der Waals surface area contributed by atoms with Gasteiger partial charge in [0.25, 0.3) is 0 Å². The molecule has 0 bridgehead atoms. The maximum atomic E-state index is 10.2. The van der Waals surface area contributed by atoms with Crippen LogP contribution in [0.3, 0.4) is 0 Å². The summed E-state index contributed by atoms with van der Waals surface area (Å²) < 4.78 is 0. The molecular formula is C18H22O. The van der Waals surface area contributed by atoms with Crippen molar-refractivity contribution in [1.29, 1.82) is 0 Å². The molecule has 0 radical (unpaired) electrons. The molecule has 100 valence electrons. The average molecular weight is 254 g/mol. The van der Waals surface area contributed by atoms with E-state index in [9.17, 15) is 5.11 Å². The van der Waals surface area contributed by atoms with E-state index in [1.807, 2.05) is 30.3 Å². The van der Waals surface area contributed by atoms with E-state index in [-0.39, 0.29) is 5.41 Å². The van der Waals surface area contributed by atoms with Gasteiger partial charge in [-0.2, -0.15) is 0 Å². The Morgan fingerprint density at radius 3 is 2.00 bits per heavy atom. The van der Waals surface area contributed by atoms with Gasteiger partial charge in [-0.05, 0) is 22.1 Å². The summed E-state index contributed by atoms with van der Waals surface area (Å²) in [5.74, 6) is 0. The zero-order valence-corrected chi connectivity index (χ0v) is 11.9. The number of aliphatic hydroxyl groups excluding tert-OH is 1. The molecule has 0 spiro atoms. The van der Waals surface area contributed by atoms with Gasteiger partial charge in [-0.3, -0.25) is 0 Å². The molecule has 19 heavy (non-hydrogen) atoms. The fourth-order valence-corrected chi connectivity index (χ4v) is 2.16. The molecule has 1 N–H and O–H groups in total. The quantitative estimate of drug-likeness (QED) is 0.867. The van der Waals surface area contributed by atoms with Crippen molar-refractivity contribution in [3.8, 4) is 0 Å². The number of hydrogen-bond donors (Lipinski definition) is 1. The molecule has 2 aromatic carbocycles. The van der Waals surface area contributed by atoms with Gasteiger partial charge in [0.2, 0.25) is 0 Å². The van der Waals surface area contributed by atoms with Gasteiger partial charge < -0.3 is 5.11 Å². The van der Waals surface area contributed by atoms with Crippen LogP contribution in [0.25, 0.3) is 0 Å². The fraction of sp³-hybridized carbons (Fsp3) is 0.333. The summed E-state index contributed by atoms with van der Waals surface area (Å²) in [5, 5.41) is 10.2. The maximum Gasteiger partial charge on any atom is 0.0830 e. The molecule has 1 nitrogen and oxygen atoms in total. The molecular weight excluding hydrogens is 232 g/mol. The minimum atomic E-state index is -0.429. The van der Waals surface area contributed by atoms with Crippen molar-refractivity contribution in [3.05, 3.63) is 71.3 Å². The molecule has 0 aliphatic heterocycles. The Morgan fingerprint density at radius 2 is 1.47 bits per heavy atom. The standard InChI is InChI=1S/C18H22O/c1-18(2,3)16-11-9-14(10-12-16)13-17(19)15-7-5-4-6-8-15/h4-12,17,19H,13H2,1-3H3. The number of rotatable bonds is 3. The van der Waals surface area contributed by atoms with Gasteiger partial charge in [0.05, 0.1) is 6.10 Å². The molecule has 1 atom stereocenters. The van der Waals surface area contributed by atoms with Crippen LogP contribution in [-0.2, 0) is 11.8 Å². The Morgan fingerprint density at radius 1 is 0.895 bits per heavy atom. The first kappa shape index (κ1) is 13.8. The van der Waals surface area contributed by atoms with E-state index in [4.69, 9.17) is 0 Å². The van der Waals surface area contributed by atoms with E-state index < -0.39 is 6.10 Å². The van der Waals surface area contributed by atoms with E-state index in [0.717, 1.165) is 5.56 Å². The van der Waals surface area contributed by atoms with Crippen LogP contribution in [0.2, 0.25) is 0 Å². The second-order valence-electron chi connectivity index (χ2n) is 6.08. The lowest BCUT2D eigenvalue weighted by Gasteiger charge is -2.19. The van der Waals surface area contributed by atoms with Crippen molar-refractivity contribution in [1.82, 2.24) is 0 Å². The second-order valence-corrected chi connectivity index (χ2v) is 6.08. The summed E-state index contributed by atoms with van der Waals surface area (Å²) in [4.78, 5) is 0. The average Bonchev–Trinajstić information content (AvgIpc) is 2.39. The summed E-state index contributed by atoms with van der Waals surface area (Å²) in [7, 11) is 0. The molecule has 2 rings (SSSR count). The molecule has 0 fully saturated rings. The SMILES string of the molecule is CC(C)(C)c1ccc(CC(O)c2ccccc2)cc1. The molecule has 0 heterocycles. The summed E-state index contributed by atoms with van der Waals surface area (Å²) in [6.07, 6.45) is 0.232. The Kier molecular flexibility index (Phi) is 4.06. The third-order valence-electron chi connectivity index (χ3n) is 3.43. The van der Waals surface area contributed by atoms with Crippen molar-refractivity contribution in [3.63, 3.8) is 0 Å². The molecule has 1 heteroatoms. The highest BCUT2D eigenvalue weighted by molar-refractivity contribution is 5.29. The van der Waals surface area contributed by atoms with Gasteiger partial charge in [-0.25, -0.2) is 0 Å². The zero-order valence-electron chi connectivity index (χ0n) is 11.9. The van der Waals surface area contributed by atoms with E-state index in [1.165, 1.54) is 11.1 Å². The van der Waals surface area contributed by atoms with Crippen LogP contribution in [0.1, 0.15) is 43.6 Å². The van der Waals surface area contributed by atoms with Crippen molar-refractivity contribution in [2.75, 3.05) is 0 Å². The van der Waals surface area contributed by atoms with Crippen LogP contribution >= 0.6 is 0 Å². The Labute approximate surface area is 115 Å². The van der Waals surface area contributed by atoms with E-state index >= 15 is 0 Å². The minimum absolute atomic E-state index is 0.177. The van der Waals surface area contributed by atoms with E-state index in [1.54, 1.807) is 0 Å². The smallest absolute Gasteiger partial charge is 0.0830 e. The largest absolute Gasteiger partial charge is 0.388 e. The topological polar surface area (TPSA) is 20.2 Å². The normalized spacial score (nSPS) is 13.3. The fourth-order valence-electron chi connectivity index (χ4n) is 2.16. The van der Waals surface area contributed by atoms with Crippen LogP contribution in [0.4, 0.5) is 0 Å². The van der Waals surface area contributed by atoms with Crippen LogP contribution < -0.4 is 0 Å². The van der Waals surface area contributed by atoms with Gasteiger partial charge in [-0.1, -0.05) is 75.4 Å². The first-order valence-corrected chi connectivity index (χ1v) is 6.79.